The molecule has 0 fully saturated rings. The van der Waals surface area contributed by atoms with Crippen LogP contribution in [0.2, 0.25) is 0 Å². The van der Waals surface area contributed by atoms with E-state index in [2.05, 4.69) is 26.2 Å². The number of hydrogen-bond acceptors (Lipinski definition) is 3. The van der Waals surface area contributed by atoms with E-state index in [1.54, 1.807) is 18.5 Å². The molecule has 6 heteroatoms. The minimum absolute atomic E-state index is 0.205. The second-order valence-corrected chi connectivity index (χ2v) is 6.44. The Labute approximate surface area is 131 Å². The highest BCUT2D eigenvalue weighted by atomic mass is 79.9. The van der Waals surface area contributed by atoms with Crippen molar-refractivity contribution in [1.29, 1.82) is 0 Å². The van der Waals surface area contributed by atoms with Crippen LogP contribution in [0.15, 0.2) is 35.1 Å². The summed E-state index contributed by atoms with van der Waals surface area (Å²) in [5, 5.41) is 12.0. The Morgan fingerprint density at radius 3 is 2.67 bits per heavy atom. The second kappa shape index (κ2) is 6.39. The molecule has 5 nitrogen and oxygen atoms in total. The fraction of sp³-hybridized carbons (Fsp3) is 0.400. The number of allylic oxidation sites excluding steroid dienone is 2. The number of pyridine rings is 1. The van der Waals surface area contributed by atoms with E-state index in [1.165, 1.54) is 0 Å². The average molecular weight is 353 g/mol. The summed E-state index contributed by atoms with van der Waals surface area (Å²) < 4.78 is 0.780. The average Bonchev–Trinajstić information content (AvgIpc) is 2.86. The number of carboxylic acid groups (broad SMARTS) is 1. The van der Waals surface area contributed by atoms with Crippen LogP contribution in [0, 0.1) is 5.41 Å². The number of aliphatic carboxylic acids is 1. The lowest BCUT2D eigenvalue weighted by Crippen LogP contribution is -2.47. The molecular weight excluding hydrogens is 336 g/mol. The van der Waals surface area contributed by atoms with E-state index >= 15 is 0 Å². The number of amides is 1. The first kappa shape index (κ1) is 15.7. The Balaban J connectivity index is 2.06. The van der Waals surface area contributed by atoms with Gasteiger partial charge in [-0.15, -0.1) is 0 Å². The summed E-state index contributed by atoms with van der Waals surface area (Å²) >= 11 is 3.30. The van der Waals surface area contributed by atoms with Crippen molar-refractivity contribution in [3.8, 4) is 0 Å². The van der Waals surface area contributed by atoms with Crippen molar-refractivity contribution in [2.75, 3.05) is 0 Å². The van der Waals surface area contributed by atoms with E-state index in [-0.39, 0.29) is 12.3 Å². The predicted octanol–water partition coefficient (Wildman–Crippen LogP) is 2.31. The monoisotopic (exact) mass is 352 g/mol. The highest BCUT2D eigenvalue weighted by molar-refractivity contribution is 9.10. The standard InChI is InChI=1S/C15H17BrN2O3/c1-15(4-2-3-5-15)14(21)18-12(13(19)20)7-10-6-11(16)9-17-8-10/h2-3,6,8-9,12H,4-5,7H2,1H3,(H,18,21)(H,19,20). The van der Waals surface area contributed by atoms with Gasteiger partial charge in [0.15, 0.2) is 0 Å². The maximum absolute atomic E-state index is 12.3. The molecule has 1 atom stereocenters. The number of aromatic nitrogens is 1. The number of halogens is 1. The van der Waals surface area contributed by atoms with Gasteiger partial charge in [0.05, 0.1) is 5.41 Å². The van der Waals surface area contributed by atoms with Crippen LogP contribution in [-0.4, -0.2) is 28.0 Å². The second-order valence-electron chi connectivity index (χ2n) is 5.52. The van der Waals surface area contributed by atoms with Gasteiger partial charge in [-0.05, 0) is 40.4 Å². The van der Waals surface area contributed by atoms with E-state index in [0.717, 1.165) is 10.0 Å². The number of nitrogens with one attached hydrogen (secondary N) is 1. The Morgan fingerprint density at radius 2 is 2.10 bits per heavy atom. The molecule has 1 heterocycles. The zero-order valence-corrected chi connectivity index (χ0v) is 13.3. The molecule has 2 rings (SSSR count). The molecule has 21 heavy (non-hydrogen) atoms. The van der Waals surface area contributed by atoms with Gasteiger partial charge in [-0.2, -0.15) is 0 Å². The highest BCUT2D eigenvalue weighted by Gasteiger charge is 2.35. The summed E-state index contributed by atoms with van der Waals surface area (Å²) in [6.07, 6.45) is 8.63. The minimum atomic E-state index is -1.04. The van der Waals surface area contributed by atoms with Crippen LogP contribution in [0.3, 0.4) is 0 Å². The SMILES string of the molecule is CC1(C(=O)NC(Cc2cncc(Br)c2)C(=O)O)CC=CC1. The van der Waals surface area contributed by atoms with Gasteiger partial charge in [-0.3, -0.25) is 9.78 Å². The van der Waals surface area contributed by atoms with Crippen LogP contribution in [0.4, 0.5) is 0 Å². The summed E-state index contributed by atoms with van der Waals surface area (Å²) in [6, 6.07) is 0.847. The molecule has 0 bridgehead atoms. The van der Waals surface area contributed by atoms with Crippen LogP contribution < -0.4 is 5.32 Å². The molecule has 0 saturated heterocycles. The first-order chi connectivity index (χ1) is 9.90. The summed E-state index contributed by atoms with van der Waals surface area (Å²) in [7, 11) is 0. The van der Waals surface area contributed by atoms with Gasteiger partial charge in [-0.25, -0.2) is 4.79 Å². The third-order valence-electron chi connectivity index (χ3n) is 3.66. The van der Waals surface area contributed by atoms with Gasteiger partial charge in [0, 0.05) is 23.3 Å². The van der Waals surface area contributed by atoms with Crippen molar-refractivity contribution in [3.05, 3.63) is 40.6 Å². The van der Waals surface area contributed by atoms with Crippen molar-refractivity contribution < 1.29 is 14.7 Å². The molecule has 0 aromatic carbocycles. The first-order valence-corrected chi connectivity index (χ1v) is 7.48. The predicted molar refractivity (Wildman–Crippen MR) is 81.7 cm³/mol. The molecule has 0 spiro atoms. The fourth-order valence-electron chi connectivity index (χ4n) is 2.29. The molecule has 2 N–H and O–H groups in total. The van der Waals surface area contributed by atoms with Crippen molar-refractivity contribution in [2.24, 2.45) is 5.41 Å². The molecule has 0 radical (unpaired) electrons. The van der Waals surface area contributed by atoms with Gasteiger partial charge in [0.2, 0.25) is 5.91 Å². The van der Waals surface area contributed by atoms with Gasteiger partial charge < -0.3 is 10.4 Å². The summed E-state index contributed by atoms with van der Waals surface area (Å²) in [6.45, 7) is 1.85. The number of carbonyl (C=O) groups is 2. The van der Waals surface area contributed by atoms with Crippen molar-refractivity contribution in [3.63, 3.8) is 0 Å². The topological polar surface area (TPSA) is 79.3 Å². The van der Waals surface area contributed by atoms with Gasteiger partial charge in [-0.1, -0.05) is 19.1 Å². The molecular formula is C15H17BrN2O3. The van der Waals surface area contributed by atoms with E-state index in [4.69, 9.17) is 0 Å². The fourth-order valence-corrected chi connectivity index (χ4v) is 2.70. The van der Waals surface area contributed by atoms with Crippen molar-refractivity contribution in [2.45, 2.75) is 32.2 Å². The van der Waals surface area contributed by atoms with E-state index in [1.807, 2.05) is 19.1 Å². The van der Waals surface area contributed by atoms with E-state index in [9.17, 15) is 14.7 Å². The maximum Gasteiger partial charge on any atom is 0.326 e. The Kier molecular flexibility index (Phi) is 4.77. The van der Waals surface area contributed by atoms with E-state index in [0.29, 0.717) is 12.8 Å². The van der Waals surface area contributed by atoms with Gasteiger partial charge in [0.25, 0.3) is 0 Å². The molecule has 112 valence electrons. The zero-order chi connectivity index (χ0) is 15.5. The summed E-state index contributed by atoms with van der Waals surface area (Å²) in [4.78, 5) is 27.7. The highest BCUT2D eigenvalue weighted by Crippen LogP contribution is 2.32. The third-order valence-corrected chi connectivity index (χ3v) is 4.09. The van der Waals surface area contributed by atoms with Crippen LogP contribution in [0.1, 0.15) is 25.3 Å². The molecule has 1 aliphatic carbocycles. The van der Waals surface area contributed by atoms with Crippen LogP contribution in [0.25, 0.3) is 0 Å². The Hall–Kier alpha value is -1.69. The molecule has 1 aliphatic rings. The lowest BCUT2D eigenvalue weighted by molar-refractivity contribution is -0.143. The maximum atomic E-state index is 12.3. The first-order valence-electron chi connectivity index (χ1n) is 6.69. The smallest absolute Gasteiger partial charge is 0.326 e. The van der Waals surface area contributed by atoms with Crippen molar-refractivity contribution >= 4 is 27.8 Å². The zero-order valence-electron chi connectivity index (χ0n) is 11.7. The number of rotatable bonds is 5. The normalized spacial score (nSPS) is 17.4. The quantitative estimate of drug-likeness (QED) is 0.797. The van der Waals surface area contributed by atoms with Crippen LogP contribution >= 0.6 is 15.9 Å². The molecule has 1 unspecified atom stereocenters. The number of nitrogens with zero attached hydrogens (tertiary/aromatic N) is 1. The summed E-state index contributed by atoms with van der Waals surface area (Å²) in [5.41, 5.74) is 0.218. The van der Waals surface area contributed by atoms with Crippen LogP contribution in [0.5, 0.6) is 0 Å². The largest absolute Gasteiger partial charge is 0.480 e. The van der Waals surface area contributed by atoms with Gasteiger partial charge in [0.1, 0.15) is 6.04 Å². The lowest BCUT2D eigenvalue weighted by atomic mass is 9.86. The molecule has 1 aromatic heterocycles. The number of carbonyl (C=O) groups excluding carboxylic acids is 1. The number of hydrogen-bond donors (Lipinski definition) is 2. The minimum Gasteiger partial charge on any atom is -0.480 e. The van der Waals surface area contributed by atoms with Crippen LogP contribution in [-0.2, 0) is 16.0 Å². The summed E-state index contributed by atoms with van der Waals surface area (Å²) in [5.74, 6) is -1.26. The molecule has 0 saturated carbocycles. The Morgan fingerprint density at radius 1 is 1.43 bits per heavy atom. The van der Waals surface area contributed by atoms with Crippen molar-refractivity contribution in [1.82, 2.24) is 10.3 Å². The molecule has 1 aromatic rings. The third kappa shape index (κ3) is 3.91. The Bertz CT molecular complexity index is 578. The van der Waals surface area contributed by atoms with Gasteiger partial charge >= 0.3 is 5.97 Å². The van der Waals surface area contributed by atoms with E-state index < -0.39 is 17.4 Å². The number of carboxylic acids is 1. The molecule has 0 aliphatic heterocycles. The molecule has 1 amide bonds. The lowest BCUT2D eigenvalue weighted by Gasteiger charge is -2.25.